The average Bonchev–Trinajstić information content (AvgIpc) is 2.95. The Balaban J connectivity index is 1.42. The third kappa shape index (κ3) is 7.73. The summed E-state index contributed by atoms with van der Waals surface area (Å²) in [5.41, 5.74) is 4.34. The van der Waals surface area contributed by atoms with Gasteiger partial charge in [-0.25, -0.2) is 0 Å². The molecule has 0 aliphatic carbocycles. The molecule has 6 nitrogen and oxygen atoms in total. The molecule has 4 aromatic rings. The Bertz CT molecular complexity index is 1510. The lowest BCUT2D eigenvalue weighted by molar-refractivity contribution is -0.112. The number of nitrogens with zero attached hydrogens (tertiary/aromatic N) is 1. The van der Waals surface area contributed by atoms with Gasteiger partial charge in [0.1, 0.15) is 30.6 Å². The van der Waals surface area contributed by atoms with Crippen LogP contribution in [-0.2, 0) is 18.0 Å². The number of halogens is 1. The molecular weight excluding hydrogens is 556 g/mol. The fourth-order valence-corrected chi connectivity index (χ4v) is 4.21. The normalized spacial score (nSPS) is 10.9. The number of hydrogen-bond donors (Lipinski definition) is 1. The van der Waals surface area contributed by atoms with Crippen LogP contribution in [-0.4, -0.2) is 13.0 Å². The predicted octanol–water partition coefficient (Wildman–Crippen LogP) is 7.47. The second-order valence-electron chi connectivity index (χ2n) is 8.72. The third-order valence-electron chi connectivity index (χ3n) is 5.79. The summed E-state index contributed by atoms with van der Waals surface area (Å²) >= 11 is 3.53. The molecule has 196 valence electrons. The van der Waals surface area contributed by atoms with E-state index in [-0.39, 0.29) is 5.57 Å². The first-order chi connectivity index (χ1) is 18.9. The topological polar surface area (TPSA) is 80.6 Å². The van der Waals surface area contributed by atoms with E-state index < -0.39 is 5.91 Å². The van der Waals surface area contributed by atoms with Gasteiger partial charge in [0, 0.05) is 10.2 Å². The Morgan fingerprint density at radius 2 is 1.62 bits per heavy atom. The lowest BCUT2D eigenvalue weighted by Gasteiger charge is -2.13. The molecule has 1 amide bonds. The van der Waals surface area contributed by atoms with Crippen LogP contribution in [0.15, 0.2) is 101 Å². The maximum Gasteiger partial charge on any atom is 0.266 e. The van der Waals surface area contributed by atoms with Crippen LogP contribution < -0.4 is 19.5 Å². The van der Waals surface area contributed by atoms with Crippen molar-refractivity contribution in [2.75, 3.05) is 12.4 Å². The molecule has 7 heteroatoms. The summed E-state index contributed by atoms with van der Waals surface area (Å²) in [7, 11) is 1.54. The average molecular weight is 583 g/mol. The summed E-state index contributed by atoms with van der Waals surface area (Å²) in [5.74, 6) is 1.18. The van der Waals surface area contributed by atoms with Gasteiger partial charge in [-0.15, -0.1) is 0 Å². The second-order valence-corrected chi connectivity index (χ2v) is 9.58. The lowest BCUT2D eigenvalue weighted by Crippen LogP contribution is -2.13. The molecule has 0 bridgehead atoms. The van der Waals surface area contributed by atoms with Crippen LogP contribution in [0.5, 0.6) is 17.2 Å². The molecule has 0 unspecified atom stereocenters. The van der Waals surface area contributed by atoms with E-state index in [1.807, 2.05) is 61.5 Å². The minimum Gasteiger partial charge on any atom is -0.493 e. The Morgan fingerprint density at radius 1 is 0.897 bits per heavy atom. The van der Waals surface area contributed by atoms with Gasteiger partial charge in [0.2, 0.25) is 0 Å². The molecule has 0 aromatic heterocycles. The van der Waals surface area contributed by atoms with Crippen molar-refractivity contribution in [3.8, 4) is 23.3 Å². The number of anilines is 1. The van der Waals surface area contributed by atoms with Crippen LogP contribution in [0.25, 0.3) is 6.08 Å². The van der Waals surface area contributed by atoms with E-state index in [0.29, 0.717) is 46.2 Å². The zero-order valence-corrected chi connectivity index (χ0v) is 23.2. The number of amides is 1. The summed E-state index contributed by atoms with van der Waals surface area (Å²) in [5, 5.41) is 12.5. The molecule has 0 aliphatic heterocycles. The summed E-state index contributed by atoms with van der Waals surface area (Å²) in [6, 6.07) is 30.4. The number of benzene rings is 4. The number of nitriles is 1. The fraction of sp³-hybridized carbons (Fsp3) is 0.125. The fourth-order valence-electron chi connectivity index (χ4n) is 3.77. The predicted molar refractivity (Wildman–Crippen MR) is 156 cm³/mol. The minimum atomic E-state index is -0.527. The number of rotatable bonds is 10. The van der Waals surface area contributed by atoms with Crippen LogP contribution in [0, 0.1) is 18.3 Å². The van der Waals surface area contributed by atoms with E-state index in [1.165, 1.54) is 6.08 Å². The molecular formula is C32H27BrN2O4. The van der Waals surface area contributed by atoms with Crippen LogP contribution in [0.1, 0.15) is 22.3 Å². The van der Waals surface area contributed by atoms with Gasteiger partial charge in [-0.2, -0.15) is 5.26 Å². The minimum absolute atomic E-state index is 0.0596. The molecule has 0 atom stereocenters. The molecule has 0 aliphatic rings. The Morgan fingerprint density at radius 3 is 2.31 bits per heavy atom. The lowest BCUT2D eigenvalue weighted by atomic mass is 10.1. The van der Waals surface area contributed by atoms with Crippen LogP contribution >= 0.6 is 15.9 Å². The standard InChI is InChI=1S/C32H27BrN2O4/c1-22-7-6-10-24(15-22)21-39-31-18-29(33)25(17-30(31)37-2)16-26(19-34)32(36)35-27-11-13-28(14-12-27)38-20-23-8-4-3-5-9-23/h3-18H,20-21H2,1-2H3,(H,35,36)/b26-16+. The maximum absolute atomic E-state index is 12.9. The first-order valence-corrected chi connectivity index (χ1v) is 13.0. The van der Waals surface area contributed by atoms with Crippen LogP contribution in [0.3, 0.4) is 0 Å². The van der Waals surface area contributed by atoms with E-state index in [4.69, 9.17) is 14.2 Å². The number of ether oxygens (including phenoxy) is 3. The van der Waals surface area contributed by atoms with Crippen molar-refractivity contribution < 1.29 is 19.0 Å². The largest absolute Gasteiger partial charge is 0.493 e. The Hall–Kier alpha value is -4.54. The van der Waals surface area contributed by atoms with E-state index in [2.05, 4.69) is 27.3 Å². The smallest absolute Gasteiger partial charge is 0.266 e. The molecule has 0 heterocycles. The molecule has 4 aromatic carbocycles. The van der Waals surface area contributed by atoms with Crippen molar-refractivity contribution in [3.63, 3.8) is 0 Å². The summed E-state index contributed by atoms with van der Waals surface area (Å²) < 4.78 is 17.9. The Labute approximate surface area is 236 Å². The van der Waals surface area contributed by atoms with Gasteiger partial charge in [0.25, 0.3) is 5.91 Å². The van der Waals surface area contributed by atoms with Gasteiger partial charge >= 0.3 is 0 Å². The summed E-state index contributed by atoms with van der Waals surface area (Å²) in [6.07, 6.45) is 1.50. The van der Waals surface area contributed by atoms with Crippen molar-refractivity contribution in [3.05, 3.63) is 123 Å². The van der Waals surface area contributed by atoms with E-state index in [9.17, 15) is 10.1 Å². The summed E-state index contributed by atoms with van der Waals surface area (Å²) in [6.45, 7) is 2.85. The zero-order chi connectivity index (χ0) is 27.6. The van der Waals surface area contributed by atoms with Gasteiger partial charge < -0.3 is 19.5 Å². The van der Waals surface area contributed by atoms with E-state index in [1.54, 1.807) is 43.5 Å². The van der Waals surface area contributed by atoms with Gasteiger partial charge in [0.05, 0.1) is 7.11 Å². The van der Waals surface area contributed by atoms with E-state index >= 15 is 0 Å². The second kappa shape index (κ2) is 13.3. The SMILES string of the molecule is COc1cc(/C=C(\C#N)C(=O)Nc2ccc(OCc3ccccc3)cc2)c(Br)cc1OCc1cccc(C)c1. The highest BCUT2D eigenvalue weighted by atomic mass is 79.9. The van der Waals surface area contributed by atoms with Gasteiger partial charge in [-0.1, -0.05) is 76.1 Å². The van der Waals surface area contributed by atoms with Crippen LogP contribution in [0.4, 0.5) is 5.69 Å². The number of aryl methyl sites for hydroxylation is 1. The molecule has 0 radical (unpaired) electrons. The number of hydrogen-bond acceptors (Lipinski definition) is 5. The molecule has 0 fully saturated rings. The van der Waals surface area contributed by atoms with Gasteiger partial charge in [0.15, 0.2) is 11.5 Å². The first kappa shape index (κ1) is 27.5. The highest BCUT2D eigenvalue weighted by Crippen LogP contribution is 2.35. The van der Waals surface area contributed by atoms with Gasteiger partial charge in [-0.3, -0.25) is 4.79 Å². The summed E-state index contributed by atoms with van der Waals surface area (Å²) in [4.78, 5) is 12.9. The zero-order valence-electron chi connectivity index (χ0n) is 21.6. The van der Waals surface area contributed by atoms with Crippen molar-refractivity contribution >= 4 is 33.6 Å². The maximum atomic E-state index is 12.9. The number of carbonyl (C=O) groups excluding carboxylic acids is 1. The molecule has 0 saturated carbocycles. The first-order valence-electron chi connectivity index (χ1n) is 12.2. The van der Waals surface area contributed by atoms with Crippen molar-refractivity contribution in [2.24, 2.45) is 0 Å². The quantitative estimate of drug-likeness (QED) is 0.155. The molecule has 1 N–H and O–H groups in total. The molecule has 0 saturated heterocycles. The van der Waals surface area contributed by atoms with Crippen molar-refractivity contribution in [1.82, 2.24) is 0 Å². The number of methoxy groups -OCH3 is 1. The highest BCUT2D eigenvalue weighted by Gasteiger charge is 2.14. The third-order valence-corrected chi connectivity index (χ3v) is 6.47. The van der Waals surface area contributed by atoms with Crippen molar-refractivity contribution in [1.29, 1.82) is 5.26 Å². The Kier molecular flexibility index (Phi) is 9.39. The molecule has 0 spiro atoms. The number of carbonyl (C=O) groups is 1. The highest BCUT2D eigenvalue weighted by molar-refractivity contribution is 9.10. The van der Waals surface area contributed by atoms with Crippen LogP contribution in [0.2, 0.25) is 0 Å². The van der Waals surface area contributed by atoms with E-state index in [0.717, 1.165) is 16.7 Å². The molecule has 39 heavy (non-hydrogen) atoms. The van der Waals surface area contributed by atoms with Gasteiger partial charge in [-0.05, 0) is 66.1 Å². The molecule has 4 rings (SSSR count). The number of nitrogens with one attached hydrogen (secondary N) is 1. The monoisotopic (exact) mass is 582 g/mol. The van der Waals surface area contributed by atoms with Crippen molar-refractivity contribution in [2.45, 2.75) is 20.1 Å².